The number of primary amides is 1. The van der Waals surface area contributed by atoms with Crippen LogP contribution in [0.5, 0.6) is 0 Å². The SMILES string of the molecule is C/C(OCC(=O)C(N)=O)=C(/C)C(=O)Nc1ccc(F)c(Cl)c1. The van der Waals surface area contributed by atoms with Gasteiger partial charge in [0.15, 0.2) is 6.61 Å². The van der Waals surface area contributed by atoms with Crippen molar-refractivity contribution >= 4 is 34.9 Å². The van der Waals surface area contributed by atoms with Crippen LogP contribution >= 0.6 is 11.6 Å². The average Bonchev–Trinajstić information content (AvgIpc) is 2.47. The zero-order valence-electron chi connectivity index (χ0n) is 11.9. The third-order valence-electron chi connectivity index (χ3n) is 2.74. The molecule has 118 valence electrons. The standard InChI is InChI=1S/C14H14ClFN2O4/c1-7(8(2)22-6-12(19)13(17)20)14(21)18-9-3-4-11(16)10(15)5-9/h3-5H,6H2,1-2H3,(H2,17,20)(H,18,21)/b8-7+. The van der Waals surface area contributed by atoms with Crippen molar-refractivity contribution in [3.63, 3.8) is 0 Å². The molecule has 0 aromatic heterocycles. The fourth-order valence-electron chi connectivity index (χ4n) is 1.31. The summed E-state index contributed by atoms with van der Waals surface area (Å²) in [5.41, 5.74) is 5.26. The lowest BCUT2D eigenvalue weighted by Crippen LogP contribution is -2.27. The van der Waals surface area contributed by atoms with Gasteiger partial charge in [-0.1, -0.05) is 11.6 Å². The number of hydrogen-bond donors (Lipinski definition) is 2. The van der Waals surface area contributed by atoms with E-state index in [1.165, 1.54) is 26.0 Å². The third kappa shape index (κ3) is 4.85. The molecule has 0 heterocycles. The summed E-state index contributed by atoms with van der Waals surface area (Å²) in [6, 6.07) is 3.72. The van der Waals surface area contributed by atoms with E-state index in [1.807, 2.05) is 0 Å². The molecule has 2 amide bonds. The summed E-state index contributed by atoms with van der Waals surface area (Å²) >= 11 is 5.61. The van der Waals surface area contributed by atoms with Crippen LogP contribution in [0, 0.1) is 5.82 Å². The summed E-state index contributed by atoms with van der Waals surface area (Å²) in [7, 11) is 0. The molecule has 22 heavy (non-hydrogen) atoms. The van der Waals surface area contributed by atoms with Crippen molar-refractivity contribution < 1.29 is 23.5 Å². The Labute approximate surface area is 131 Å². The molecule has 1 aromatic carbocycles. The Hall–Kier alpha value is -2.41. The number of anilines is 1. The zero-order chi connectivity index (χ0) is 16.9. The molecule has 0 aliphatic heterocycles. The average molecular weight is 329 g/mol. The van der Waals surface area contributed by atoms with Crippen molar-refractivity contribution in [1.29, 1.82) is 0 Å². The highest BCUT2D eigenvalue weighted by Crippen LogP contribution is 2.20. The molecule has 0 unspecified atom stereocenters. The van der Waals surface area contributed by atoms with Gasteiger partial charge in [-0.15, -0.1) is 0 Å². The van der Waals surface area contributed by atoms with Crippen LogP contribution in [0.2, 0.25) is 5.02 Å². The van der Waals surface area contributed by atoms with E-state index in [0.29, 0.717) is 5.69 Å². The molecule has 0 aliphatic rings. The quantitative estimate of drug-likeness (QED) is 0.472. The number of nitrogens with one attached hydrogen (secondary N) is 1. The Kier molecular flexibility index (Phi) is 6.06. The highest BCUT2D eigenvalue weighted by atomic mass is 35.5. The van der Waals surface area contributed by atoms with Crippen molar-refractivity contribution in [3.05, 3.63) is 40.4 Å². The van der Waals surface area contributed by atoms with Gasteiger partial charge in [0.25, 0.3) is 17.6 Å². The lowest BCUT2D eigenvalue weighted by molar-refractivity contribution is -0.137. The number of halogens is 2. The van der Waals surface area contributed by atoms with E-state index >= 15 is 0 Å². The van der Waals surface area contributed by atoms with Gasteiger partial charge in [0.2, 0.25) is 0 Å². The smallest absolute Gasteiger partial charge is 0.288 e. The molecular formula is C14H14ClFN2O4. The topological polar surface area (TPSA) is 98.5 Å². The Morgan fingerprint density at radius 1 is 1.32 bits per heavy atom. The number of carbonyl (C=O) groups excluding carboxylic acids is 3. The number of amides is 2. The number of hydrogen-bond acceptors (Lipinski definition) is 4. The number of allylic oxidation sites excluding steroid dienone is 1. The molecule has 1 rings (SSSR count). The number of nitrogens with two attached hydrogens (primary N) is 1. The number of ether oxygens (including phenoxy) is 1. The Balaban J connectivity index is 2.73. The van der Waals surface area contributed by atoms with E-state index in [1.54, 1.807) is 0 Å². The van der Waals surface area contributed by atoms with Crippen LogP contribution in [-0.4, -0.2) is 24.2 Å². The van der Waals surface area contributed by atoms with Gasteiger partial charge in [0, 0.05) is 5.69 Å². The van der Waals surface area contributed by atoms with E-state index in [9.17, 15) is 18.8 Å². The van der Waals surface area contributed by atoms with Gasteiger partial charge in [-0.3, -0.25) is 14.4 Å². The molecular weight excluding hydrogens is 315 g/mol. The van der Waals surface area contributed by atoms with Gasteiger partial charge >= 0.3 is 0 Å². The van der Waals surface area contributed by atoms with Crippen molar-refractivity contribution in [1.82, 2.24) is 0 Å². The van der Waals surface area contributed by atoms with Gasteiger partial charge in [0.1, 0.15) is 11.6 Å². The van der Waals surface area contributed by atoms with E-state index in [4.69, 9.17) is 22.1 Å². The first-order valence-corrected chi connectivity index (χ1v) is 6.49. The number of rotatable bonds is 6. The van der Waals surface area contributed by atoms with Gasteiger partial charge in [-0.05, 0) is 32.0 Å². The summed E-state index contributed by atoms with van der Waals surface area (Å²) in [6.45, 7) is 2.37. The Morgan fingerprint density at radius 3 is 2.50 bits per heavy atom. The van der Waals surface area contributed by atoms with Gasteiger partial charge < -0.3 is 15.8 Å². The maximum atomic E-state index is 13.0. The van der Waals surface area contributed by atoms with E-state index in [0.717, 1.165) is 6.07 Å². The molecule has 0 saturated carbocycles. The zero-order valence-corrected chi connectivity index (χ0v) is 12.7. The second-order valence-corrected chi connectivity index (χ2v) is 4.75. The summed E-state index contributed by atoms with van der Waals surface area (Å²) < 4.78 is 18.0. The van der Waals surface area contributed by atoms with E-state index in [2.05, 4.69) is 5.32 Å². The van der Waals surface area contributed by atoms with Crippen LogP contribution in [0.25, 0.3) is 0 Å². The number of benzene rings is 1. The first-order chi connectivity index (χ1) is 10.2. The maximum Gasteiger partial charge on any atom is 0.288 e. The van der Waals surface area contributed by atoms with Crippen LogP contribution < -0.4 is 11.1 Å². The molecule has 0 spiro atoms. The minimum atomic E-state index is -1.11. The van der Waals surface area contributed by atoms with Crippen LogP contribution in [0.1, 0.15) is 13.8 Å². The summed E-state index contributed by atoms with van der Waals surface area (Å²) in [6.07, 6.45) is 0. The first-order valence-electron chi connectivity index (χ1n) is 6.11. The predicted octanol–water partition coefficient (Wildman–Crippen LogP) is 1.78. The molecule has 1 aromatic rings. The van der Waals surface area contributed by atoms with Crippen LogP contribution in [0.3, 0.4) is 0 Å². The largest absolute Gasteiger partial charge is 0.489 e. The first kappa shape index (κ1) is 17.6. The molecule has 3 N–H and O–H groups in total. The second-order valence-electron chi connectivity index (χ2n) is 4.34. The van der Waals surface area contributed by atoms with E-state index in [-0.39, 0.29) is 16.4 Å². The fraction of sp³-hybridized carbons (Fsp3) is 0.214. The van der Waals surface area contributed by atoms with Gasteiger partial charge in [0.05, 0.1) is 10.6 Å². The number of ketones is 1. The molecule has 0 radical (unpaired) electrons. The predicted molar refractivity (Wildman–Crippen MR) is 78.6 cm³/mol. The van der Waals surface area contributed by atoms with Crippen molar-refractivity contribution in [3.8, 4) is 0 Å². The minimum absolute atomic E-state index is 0.126. The van der Waals surface area contributed by atoms with Crippen molar-refractivity contribution in [2.75, 3.05) is 11.9 Å². The monoisotopic (exact) mass is 328 g/mol. The molecule has 6 nitrogen and oxygen atoms in total. The molecule has 0 saturated heterocycles. The van der Waals surface area contributed by atoms with Gasteiger partial charge in [-0.25, -0.2) is 4.39 Å². The van der Waals surface area contributed by atoms with Crippen molar-refractivity contribution in [2.45, 2.75) is 13.8 Å². The minimum Gasteiger partial charge on any atom is -0.489 e. The maximum absolute atomic E-state index is 13.0. The number of Topliss-reactive ketones (excluding diaryl/α,β-unsaturated/α-hetero) is 1. The van der Waals surface area contributed by atoms with Crippen LogP contribution in [0.15, 0.2) is 29.5 Å². The molecule has 8 heteroatoms. The highest BCUT2D eigenvalue weighted by Gasteiger charge is 2.14. The Morgan fingerprint density at radius 2 is 1.95 bits per heavy atom. The lowest BCUT2D eigenvalue weighted by Gasteiger charge is -2.10. The summed E-state index contributed by atoms with van der Waals surface area (Å²) in [4.78, 5) is 33.6. The van der Waals surface area contributed by atoms with Crippen molar-refractivity contribution in [2.24, 2.45) is 5.73 Å². The molecule has 0 aliphatic carbocycles. The number of carbonyl (C=O) groups is 3. The summed E-state index contributed by atoms with van der Waals surface area (Å²) in [5, 5.41) is 2.37. The van der Waals surface area contributed by atoms with Crippen LogP contribution in [-0.2, 0) is 19.1 Å². The highest BCUT2D eigenvalue weighted by molar-refractivity contribution is 6.36. The molecule has 0 fully saturated rings. The fourth-order valence-corrected chi connectivity index (χ4v) is 1.49. The molecule has 0 atom stereocenters. The molecule has 0 bridgehead atoms. The van der Waals surface area contributed by atoms with E-state index < -0.39 is 30.0 Å². The van der Waals surface area contributed by atoms with Crippen LogP contribution in [0.4, 0.5) is 10.1 Å². The normalized spacial score (nSPS) is 11.5. The summed E-state index contributed by atoms with van der Waals surface area (Å²) in [5.74, 6) is -2.99. The third-order valence-corrected chi connectivity index (χ3v) is 3.03. The lowest BCUT2D eigenvalue weighted by atomic mass is 10.2. The Bertz CT molecular complexity index is 658. The second kappa shape index (κ2) is 7.56. The van der Waals surface area contributed by atoms with Gasteiger partial charge in [-0.2, -0.15) is 0 Å².